The second-order valence-corrected chi connectivity index (χ2v) is 6.83. The number of amides is 1. The molecule has 3 aromatic rings. The average Bonchev–Trinajstić information content (AvgIpc) is 2.80. The van der Waals surface area contributed by atoms with Crippen molar-refractivity contribution >= 4 is 17.3 Å². The van der Waals surface area contributed by atoms with E-state index in [1.807, 2.05) is 0 Å². The average molecular weight is 477 g/mol. The Morgan fingerprint density at radius 3 is 2.24 bits per heavy atom. The molecule has 1 heterocycles. The largest absolute Gasteiger partial charge is 0.497 e. The third-order valence-electron chi connectivity index (χ3n) is 4.63. The lowest BCUT2D eigenvalue weighted by atomic mass is 10.1. The number of benzene rings is 2. The Hall–Kier alpha value is -4.20. The molecule has 0 spiro atoms. The number of rotatable bonds is 7. The number of carbonyl (C=O) groups is 1. The van der Waals surface area contributed by atoms with Gasteiger partial charge in [-0.3, -0.25) is 9.69 Å². The van der Waals surface area contributed by atoms with Crippen LogP contribution in [0.3, 0.4) is 0 Å². The fourth-order valence-corrected chi connectivity index (χ4v) is 3.06. The molecule has 0 aliphatic carbocycles. The predicted molar refractivity (Wildman–Crippen MR) is 111 cm³/mol. The van der Waals surface area contributed by atoms with Crippen molar-refractivity contribution in [1.82, 2.24) is 4.98 Å². The summed E-state index contributed by atoms with van der Waals surface area (Å²) >= 11 is 0. The van der Waals surface area contributed by atoms with Gasteiger partial charge in [0, 0.05) is 11.9 Å². The maximum Gasteiger partial charge on any atom is 0.417 e. The molecule has 2 aromatic carbocycles. The maximum atomic E-state index is 13.3. The van der Waals surface area contributed by atoms with Crippen molar-refractivity contribution in [3.05, 3.63) is 77.6 Å². The Bertz CT molecular complexity index is 1190. The molecule has 1 amide bonds. The van der Waals surface area contributed by atoms with E-state index in [0.717, 1.165) is 17.0 Å². The second kappa shape index (κ2) is 10.2. The Balaban J connectivity index is 2.08. The quantitative estimate of drug-likeness (QED) is 0.421. The van der Waals surface area contributed by atoms with E-state index in [4.69, 9.17) is 4.74 Å². The smallest absolute Gasteiger partial charge is 0.417 e. The summed E-state index contributed by atoms with van der Waals surface area (Å²) in [5, 5.41) is 9.43. The van der Waals surface area contributed by atoms with E-state index in [2.05, 4.69) is 9.72 Å². The molecule has 0 saturated heterocycles. The number of carbonyl (C=O) groups excluding carboxylic acids is 1. The summed E-state index contributed by atoms with van der Waals surface area (Å²) in [4.78, 5) is 17.7. The molecular formula is C23H16F5N3O3. The molecule has 0 aliphatic rings. The molecule has 34 heavy (non-hydrogen) atoms. The molecule has 11 heteroatoms. The molecule has 3 rings (SSSR count). The van der Waals surface area contributed by atoms with Gasteiger partial charge < -0.3 is 9.47 Å². The Morgan fingerprint density at radius 1 is 1.09 bits per heavy atom. The number of anilines is 2. The van der Waals surface area contributed by atoms with Crippen molar-refractivity contribution in [2.45, 2.75) is 19.2 Å². The van der Waals surface area contributed by atoms with Crippen LogP contribution in [-0.2, 0) is 17.4 Å². The highest BCUT2D eigenvalue weighted by Crippen LogP contribution is 2.36. The van der Waals surface area contributed by atoms with Gasteiger partial charge in [0.2, 0.25) is 5.91 Å². The number of halogens is 5. The van der Waals surface area contributed by atoms with E-state index in [1.165, 1.54) is 19.2 Å². The number of hydrogen-bond acceptors (Lipinski definition) is 5. The summed E-state index contributed by atoms with van der Waals surface area (Å²) in [6.07, 6.45) is -4.54. The van der Waals surface area contributed by atoms with Crippen molar-refractivity contribution in [3.8, 4) is 17.6 Å². The van der Waals surface area contributed by atoms with Gasteiger partial charge in [0.1, 0.15) is 17.6 Å². The van der Waals surface area contributed by atoms with Crippen LogP contribution in [-0.4, -0.2) is 24.6 Å². The van der Waals surface area contributed by atoms with Gasteiger partial charge in [0.25, 0.3) is 0 Å². The van der Waals surface area contributed by atoms with E-state index in [9.17, 15) is 32.0 Å². The number of aromatic nitrogens is 1. The standard InChI is InChI=1S/C23H16F5N3O3/c1-33-17-6-2-14(3-7-17)10-21(32)31(16-4-8-18(9-5-16)34-22(24)25)20-11-15(23(26,27)28)13-30-19(20)12-29/h2-9,11,13,22H,10H2,1H3. The molecule has 0 unspecified atom stereocenters. The zero-order valence-electron chi connectivity index (χ0n) is 17.5. The molecule has 6 nitrogen and oxygen atoms in total. The highest BCUT2D eigenvalue weighted by atomic mass is 19.4. The summed E-state index contributed by atoms with van der Waals surface area (Å²) in [6, 6.07) is 13.4. The number of methoxy groups -OCH3 is 1. The van der Waals surface area contributed by atoms with Crippen LogP contribution in [0.2, 0.25) is 0 Å². The van der Waals surface area contributed by atoms with Crippen LogP contribution in [0.5, 0.6) is 11.5 Å². The van der Waals surface area contributed by atoms with Crippen LogP contribution in [0.1, 0.15) is 16.8 Å². The van der Waals surface area contributed by atoms with E-state index in [-0.39, 0.29) is 17.9 Å². The SMILES string of the molecule is COc1ccc(CC(=O)N(c2ccc(OC(F)F)cc2)c2cc(C(F)(F)F)cnc2C#N)cc1. The number of ether oxygens (including phenoxy) is 2. The van der Waals surface area contributed by atoms with Crippen LogP contribution in [0.15, 0.2) is 60.8 Å². The monoisotopic (exact) mass is 477 g/mol. The summed E-state index contributed by atoms with van der Waals surface area (Å²) < 4.78 is 74.3. The maximum absolute atomic E-state index is 13.3. The van der Waals surface area contributed by atoms with Crippen molar-refractivity contribution in [3.63, 3.8) is 0 Å². The first-order valence-electron chi connectivity index (χ1n) is 9.60. The van der Waals surface area contributed by atoms with Gasteiger partial charge in [-0.05, 0) is 48.0 Å². The molecule has 0 radical (unpaired) electrons. The van der Waals surface area contributed by atoms with Gasteiger partial charge in [-0.15, -0.1) is 0 Å². The molecule has 0 bridgehead atoms. The van der Waals surface area contributed by atoms with Crippen molar-refractivity contribution in [2.24, 2.45) is 0 Å². The number of hydrogen-bond donors (Lipinski definition) is 0. The Morgan fingerprint density at radius 2 is 1.71 bits per heavy atom. The summed E-state index contributed by atoms with van der Waals surface area (Å²) in [6.45, 7) is -3.09. The lowest BCUT2D eigenvalue weighted by Gasteiger charge is -2.25. The van der Waals surface area contributed by atoms with Crippen LogP contribution in [0, 0.1) is 11.3 Å². The zero-order chi connectivity index (χ0) is 24.9. The topological polar surface area (TPSA) is 75.4 Å². The lowest BCUT2D eigenvalue weighted by Crippen LogP contribution is -2.29. The highest BCUT2D eigenvalue weighted by Gasteiger charge is 2.33. The number of nitrogens with zero attached hydrogens (tertiary/aromatic N) is 3. The normalized spacial score (nSPS) is 11.1. The van der Waals surface area contributed by atoms with E-state index in [0.29, 0.717) is 23.6 Å². The van der Waals surface area contributed by atoms with Crippen LogP contribution < -0.4 is 14.4 Å². The first kappa shape index (κ1) is 24.4. The zero-order valence-corrected chi connectivity index (χ0v) is 17.5. The molecule has 0 N–H and O–H groups in total. The molecular weight excluding hydrogens is 461 g/mol. The highest BCUT2D eigenvalue weighted by molar-refractivity contribution is 6.02. The fraction of sp³-hybridized carbons (Fsp3) is 0.174. The van der Waals surface area contributed by atoms with Gasteiger partial charge in [-0.25, -0.2) is 4.98 Å². The number of alkyl halides is 5. The third-order valence-corrected chi connectivity index (χ3v) is 4.63. The van der Waals surface area contributed by atoms with E-state index < -0.39 is 35.6 Å². The van der Waals surface area contributed by atoms with Crippen LogP contribution >= 0.6 is 0 Å². The first-order valence-corrected chi connectivity index (χ1v) is 9.60. The summed E-state index contributed by atoms with van der Waals surface area (Å²) in [5.41, 5.74) is -1.45. The molecule has 0 aliphatic heterocycles. The minimum atomic E-state index is -4.78. The van der Waals surface area contributed by atoms with Crippen molar-refractivity contribution in [1.29, 1.82) is 5.26 Å². The molecule has 0 saturated carbocycles. The van der Waals surface area contributed by atoms with Crippen molar-refractivity contribution < 1.29 is 36.2 Å². The van der Waals surface area contributed by atoms with Crippen LogP contribution in [0.25, 0.3) is 0 Å². The van der Waals surface area contributed by atoms with Crippen LogP contribution in [0.4, 0.5) is 33.3 Å². The minimum Gasteiger partial charge on any atom is -0.497 e. The molecule has 0 atom stereocenters. The first-order chi connectivity index (χ1) is 16.1. The molecule has 176 valence electrons. The second-order valence-electron chi connectivity index (χ2n) is 6.83. The third kappa shape index (κ3) is 5.78. The van der Waals surface area contributed by atoms with Gasteiger partial charge in [-0.1, -0.05) is 12.1 Å². The van der Waals surface area contributed by atoms with Gasteiger partial charge in [0.05, 0.1) is 24.8 Å². The van der Waals surface area contributed by atoms with E-state index >= 15 is 0 Å². The number of pyridine rings is 1. The Labute approximate surface area is 190 Å². The lowest BCUT2D eigenvalue weighted by molar-refractivity contribution is -0.137. The number of nitriles is 1. The predicted octanol–water partition coefficient (Wildman–Crippen LogP) is 5.49. The minimum absolute atomic E-state index is 0.0257. The summed E-state index contributed by atoms with van der Waals surface area (Å²) in [7, 11) is 1.47. The molecule has 0 fully saturated rings. The van der Waals surface area contributed by atoms with E-state index in [1.54, 1.807) is 30.3 Å². The van der Waals surface area contributed by atoms with Gasteiger partial charge in [-0.2, -0.15) is 27.2 Å². The van der Waals surface area contributed by atoms with Gasteiger partial charge >= 0.3 is 12.8 Å². The Kier molecular flexibility index (Phi) is 7.31. The fourth-order valence-electron chi connectivity index (χ4n) is 3.06. The summed E-state index contributed by atoms with van der Waals surface area (Å²) in [5.74, 6) is -0.370. The molecule has 1 aromatic heterocycles. The van der Waals surface area contributed by atoms with Gasteiger partial charge in [0.15, 0.2) is 5.69 Å². The van der Waals surface area contributed by atoms with Crippen molar-refractivity contribution in [2.75, 3.05) is 12.0 Å².